The van der Waals surface area contributed by atoms with Crippen LogP contribution in [-0.2, 0) is 9.59 Å². The molecule has 0 radical (unpaired) electrons. The fourth-order valence-corrected chi connectivity index (χ4v) is 1.90. The van der Waals surface area contributed by atoms with Crippen molar-refractivity contribution >= 4 is 29.1 Å². The van der Waals surface area contributed by atoms with Gasteiger partial charge in [0.2, 0.25) is 11.8 Å². The fourth-order valence-electron chi connectivity index (χ4n) is 1.90. The van der Waals surface area contributed by atoms with Crippen LogP contribution < -0.4 is 21.1 Å². The SMILES string of the molecule is CC(=O)Nc1ccc(OCC(=O)Nc2ccc(C(N)=O)cc2)cc1. The standard InChI is InChI=1S/C17H17N3O4/c1-11(21)19-13-6-8-15(9-7-13)24-10-16(22)20-14-4-2-12(3-5-14)17(18)23/h2-9H,10H2,1H3,(H2,18,23)(H,19,21)(H,20,22). The lowest BCUT2D eigenvalue weighted by atomic mass is 10.2. The average molecular weight is 327 g/mol. The van der Waals surface area contributed by atoms with Crippen LogP contribution in [0.2, 0.25) is 0 Å². The van der Waals surface area contributed by atoms with Gasteiger partial charge in [-0.2, -0.15) is 0 Å². The zero-order valence-corrected chi connectivity index (χ0v) is 13.0. The molecule has 0 bridgehead atoms. The highest BCUT2D eigenvalue weighted by Crippen LogP contribution is 2.16. The Morgan fingerprint density at radius 2 is 1.46 bits per heavy atom. The minimum absolute atomic E-state index is 0.162. The predicted octanol–water partition coefficient (Wildman–Crippen LogP) is 1.76. The molecule has 0 saturated carbocycles. The van der Waals surface area contributed by atoms with E-state index in [2.05, 4.69) is 10.6 Å². The number of rotatable bonds is 6. The summed E-state index contributed by atoms with van der Waals surface area (Å²) in [4.78, 5) is 33.7. The maximum atomic E-state index is 11.8. The van der Waals surface area contributed by atoms with Crippen molar-refractivity contribution in [2.75, 3.05) is 17.2 Å². The Balaban J connectivity index is 1.84. The highest BCUT2D eigenvalue weighted by molar-refractivity contribution is 5.95. The number of ether oxygens (including phenoxy) is 1. The number of amides is 3. The van der Waals surface area contributed by atoms with Crippen molar-refractivity contribution in [3.63, 3.8) is 0 Å². The maximum absolute atomic E-state index is 11.8. The molecule has 7 heteroatoms. The van der Waals surface area contributed by atoms with Crippen LogP contribution >= 0.6 is 0 Å². The summed E-state index contributed by atoms with van der Waals surface area (Å²) in [6.45, 7) is 1.25. The summed E-state index contributed by atoms with van der Waals surface area (Å²) in [7, 11) is 0. The average Bonchev–Trinajstić information content (AvgIpc) is 2.54. The number of nitrogens with two attached hydrogens (primary N) is 1. The molecule has 3 amide bonds. The first-order valence-corrected chi connectivity index (χ1v) is 7.14. The van der Waals surface area contributed by atoms with Crippen molar-refractivity contribution in [1.82, 2.24) is 0 Å². The van der Waals surface area contributed by atoms with Crippen molar-refractivity contribution in [1.29, 1.82) is 0 Å². The highest BCUT2D eigenvalue weighted by atomic mass is 16.5. The third-order valence-electron chi connectivity index (χ3n) is 3.00. The Hall–Kier alpha value is -3.35. The molecule has 124 valence electrons. The van der Waals surface area contributed by atoms with Gasteiger partial charge in [-0.3, -0.25) is 14.4 Å². The zero-order valence-electron chi connectivity index (χ0n) is 13.0. The van der Waals surface area contributed by atoms with Crippen LogP contribution in [0.5, 0.6) is 5.75 Å². The summed E-state index contributed by atoms with van der Waals surface area (Å²) >= 11 is 0. The fraction of sp³-hybridized carbons (Fsp3) is 0.118. The summed E-state index contributed by atoms with van der Waals surface area (Å²) < 4.78 is 5.36. The van der Waals surface area contributed by atoms with Crippen LogP contribution in [0.3, 0.4) is 0 Å². The molecule has 0 aliphatic rings. The first-order valence-electron chi connectivity index (χ1n) is 7.14. The Bertz CT molecular complexity index is 739. The van der Waals surface area contributed by atoms with Crippen molar-refractivity contribution in [2.45, 2.75) is 6.92 Å². The van der Waals surface area contributed by atoms with Gasteiger partial charge in [0.25, 0.3) is 5.91 Å². The Labute approximate surface area is 138 Å². The third-order valence-corrected chi connectivity index (χ3v) is 3.00. The number of carbonyl (C=O) groups is 3. The zero-order chi connectivity index (χ0) is 17.5. The second-order valence-electron chi connectivity index (χ2n) is 4.98. The first-order chi connectivity index (χ1) is 11.4. The smallest absolute Gasteiger partial charge is 0.262 e. The van der Waals surface area contributed by atoms with Crippen LogP contribution in [0.25, 0.3) is 0 Å². The molecule has 0 spiro atoms. The second-order valence-corrected chi connectivity index (χ2v) is 4.98. The largest absolute Gasteiger partial charge is 0.484 e. The summed E-state index contributed by atoms with van der Waals surface area (Å²) in [5.41, 5.74) is 6.69. The number of carbonyl (C=O) groups excluding carboxylic acids is 3. The van der Waals surface area contributed by atoms with Gasteiger partial charge >= 0.3 is 0 Å². The van der Waals surface area contributed by atoms with Crippen molar-refractivity contribution in [3.8, 4) is 5.75 Å². The number of benzene rings is 2. The molecule has 2 rings (SSSR count). The third kappa shape index (κ3) is 5.13. The van der Waals surface area contributed by atoms with E-state index in [1.54, 1.807) is 36.4 Å². The summed E-state index contributed by atoms with van der Waals surface area (Å²) in [5.74, 6) is -0.527. The molecular formula is C17H17N3O4. The van der Waals surface area contributed by atoms with E-state index in [4.69, 9.17) is 10.5 Å². The lowest BCUT2D eigenvalue weighted by molar-refractivity contribution is -0.118. The molecule has 2 aromatic rings. The molecule has 0 aromatic heterocycles. The van der Waals surface area contributed by atoms with Crippen LogP contribution in [0, 0.1) is 0 Å². The second kappa shape index (κ2) is 7.77. The van der Waals surface area contributed by atoms with Gasteiger partial charge < -0.3 is 21.1 Å². The Kier molecular flexibility index (Phi) is 5.51. The van der Waals surface area contributed by atoms with E-state index in [0.29, 0.717) is 22.7 Å². The molecule has 0 aliphatic carbocycles. The summed E-state index contributed by atoms with van der Waals surface area (Å²) in [6, 6.07) is 12.9. The molecule has 24 heavy (non-hydrogen) atoms. The molecule has 0 heterocycles. The normalized spacial score (nSPS) is 9.88. The van der Waals surface area contributed by atoms with Crippen molar-refractivity contribution in [2.24, 2.45) is 5.73 Å². The maximum Gasteiger partial charge on any atom is 0.262 e. The summed E-state index contributed by atoms with van der Waals surface area (Å²) in [6.07, 6.45) is 0. The van der Waals surface area contributed by atoms with Crippen LogP contribution in [0.1, 0.15) is 17.3 Å². The van der Waals surface area contributed by atoms with E-state index >= 15 is 0 Å². The van der Waals surface area contributed by atoms with Gasteiger partial charge in [-0.05, 0) is 48.5 Å². The molecule has 0 fully saturated rings. The minimum atomic E-state index is -0.529. The lowest BCUT2D eigenvalue weighted by Gasteiger charge is -2.08. The molecule has 7 nitrogen and oxygen atoms in total. The van der Waals surface area contributed by atoms with Gasteiger partial charge in [0.1, 0.15) is 5.75 Å². The van der Waals surface area contributed by atoms with E-state index in [1.165, 1.54) is 19.1 Å². The molecule has 0 aliphatic heterocycles. The highest BCUT2D eigenvalue weighted by Gasteiger charge is 2.05. The molecular weight excluding hydrogens is 310 g/mol. The topological polar surface area (TPSA) is 111 Å². The number of nitrogens with one attached hydrogen (secondary N) is 2. The Morgan fingerprint density at radius 1 is 0.917 bits per heavy atom. The number of hydrogen-bond acceptors (Lipinski definition) is 4. The molecule has 0 saturated heterocycles. The minimum Gasteiger partial charge on any atom is -0.484 e. The van der Waals surface area contributed by atoms with E-state index in [1.807, 2.05) is 0 Å². The Morgan fingerprint density at radius 3 is 2.00 bits per heavy atom. The first kappa shape index (κ1) is 17.0. The van der Waals surface area contributed by atoms with Crippen LogP contribution in [-0.4, -0.2) is 24.3 Å². The molecule has 2 aromatic carbocycles. The van der Waals surface area contributed by atoms with Crippen molar-refractivity contribution < 1.29 is 19.1 Å². The van der Waals surface area contributed by atoms with Gasteiger partial charge in [0.05, 0.1) is 0 Å². The number of primary amides is 1. The van der Waals surface area contributed by atoms with Crippen LogP contribution in [0.15, 0.2) is 48.5 Å². The number of hydrogen-bond donors (Lipinski definition) is 3. The van der Waals surface area contributed by atoms with E-state index < -0.39 is 5.91 Å². The number of anilines is 2. The molecule has 4 N–H and O–H groups in total. The van der Waals surface area contributed by atoms with Gasteiger partial charge in [-0.25, -0.2) is 0 Å². The predicted molar refractivity (Wildman–Crippen MR) is 89.8 cm³/mol. The lowest BCUT2D eigenvalue weighted by Crippen LogP contribution is -2.20. The monoisotopic (exact) mass is 327 g/mol. The molecule has 0 atom stereocenters. The quantitative estimate of drug-likeness (QED) is 0.750. The van der Waals surface area contributed by atoms with E-state index in [0.717, 1.165) is 0 Å². The van der Waals surface area contributed by atoms with Gasteiger partial charge in [0.15, 0.2) is 6.61 Å². The molecule has 0 unspecified atom stereocenters. The van der Waals surface area contributed by atoms with Gasteiger partial charge in [0, 0.05) is 23.9 Å². The van der Waals surface area contributed by atoms with Crippen molar-refractivity contribution in [3.05, 3.63) is 54.1 Å². The van der Waals surface area contributed by atoms with Gasteiger partial charge in [-0.15, -0.1) is 0 Å². The van der Waals surface area contributed by atoms with Crippen LogP contribution in [0.4, 0.5) is 11.4 Å². The van der Waals surface area contributed by atoms with Gasteiger partial charge in [-0.1, -0.05) is 0 Å². The van der Waals surface area contributed by atoms with E-state index in [9.17, 15) is 14.4 Å². The van der Waals surface area contributed by atoms with E-state index in [-0.39, 0.29) is 18.4 Å². The summed E-state index contributed by atoms with van der Waals surface area (Å²) in [5, 5.41) is 5.28.